The van der Waals surface area contributed by atoms with Crippen LogP contribution in [0.2, 0.25) is 5.02 Å². The summed E-state index contributed by atoms with van der Waals surface area (Å²) in [5.41, 5.74) is 7.12. The van der Waals surface area contributed by atoms with Gasteiger partial charge in [-0.25, -0.2) is 0 Å². The molecule has 0 heterocycles. The summed E-state index contributed by atoms with van der Waals surface area (Å²) in [6.45, 7) is 7.59. The quantitative estimate of drug-likeness (QED) is 0.601. The van der Waals surface area contributed by atoms with Gasteiger partial charge in [0.1, 0.15) is 0 Å². The van der Waals surface area contributed by atoms with Crippen LogP contribution in [0.3, 0.4) is 0 Å². The van der Waals surface area contributed by atoms with Crippen LogP contribution in [0.15, 0.2) is 29.3 Å². The van der Waals surface area contributed by atoms with E-state index in [2.05, 4.69) is 30.2 Å². The molecule has 0 aromatic heterocycles. The van der Waals surface area contributed by atoms with Crippen LogP contribution < -0.4 is 11.1 Å². The van der Waals surface area contributed by atoms with E-state index in [-0.39, 0.29) is 11.5 Å². The van der Waals surface area contributed by atoms with Crippen LogP contribution in [0.4, 0.5) is 0 Å². The zero-order valence-electron chi connectivity index (χ0n) is 13.3. The minimum absolute atomic E-state index is 0.0154. The van der Waals surface area contributed by atoms with Gasteiger partial charge in [0.15, 0.2) is 5.96 Å². The summed E-state index contributed by atoms with van der Waals surface area (Å²) in [6, 6.07) is 8.08. The van der Waals surface area contributed by atoms with Gasteiger partial charge in [0, 0.05) is 24.7 Å². The fourth-order valence-electron chi connectivity index (χ4n) is 2.14. The normalized spacial score (nSPS) is 14.0. The third kappa shape index (κ3) is 7.34. The maximum atomic E-state index is 6.02. The van der Waals surface area contributed by atoms with Crippen LogP contribution in [0, 0.1) is 5.41 Å². The monoisotopic (exact) mass is 311 g/mol. The van der Waals surface area contributed by atoms with E-state index in [0.29, 0.717) is 19.1 Å². The molecule has 4 nitrogen and oxygen atoms in total. The van der Waals surface area contributed by atoms with Crippen LogP contribution in [0.5, 0.6) is 0 Å². The smallest absolute Gasteiger partial charge is 0.188 e. The van der Waals surface area contributed by atoms with Crippen molar-refractivity contribution in [3.63, 3.8) is 0 Å². The van der Waals surface area contributed by atoms with Crippen molar-refractivity contribution in [1.82, 2.24) is 5.32 Å². The van der Waals surface area contributed by atoms with Gasteiger partial charge < -0.3 is 15.8 Å². The van der Waals surface area contributed by atoms with Crippen molar-refractivity contribution in [2.75, 3.05) is 20.3 Å². The van der Waals surface area contributed by atoms with E-state index < -0.39 is 0 Å². The lowest BCUT2D eigenvalue weighted by molar-refractivity contribution is 0.179. The van der Waals surface area contributed by atoms with Crippen LogP contribution in [0.1, 0.15) is 26.3 Å². The molecule has 0 radical (unpaired) electrons. The Bertz CT molecular complexity index is 474. The zero-order chi connectivity index (χ0) is 15.9. The number of aliphatic imine (C=N–C) groups is 1. The van der Waals surface area contributed by atoms with Crippen molar-refractivity contribution in [3.8, 4) is 0 Å². The molecule has 0 amide bonds. The molecule has 1 rings (SSSR count). The van der Waals surface area contributed by atoms with Crippen LogP contribution in [-0.2, 0) is 11.2 Å². The zero-order valence-corrected chi connectivity index (χ0v) is 14.1. The van der Waals surface area contributed by atoms with Crippen molar-refractivity contribution in [1.29, 1.82) is 0 Å². The van der Waals surface area contributed by atoms with Gasteiger partial charge in [-0.05, 0) is 36.5 Å². The molecular weight excluding hydrogens is 286 g/mol. The molecule has 0 spiro atoms. The van der Waals surface area contributed by atoms with E-state index >= 15 is 0 Å². The fraction of sp³-hybridized carbons (Fsp3) is 0.562. The summed E-state index contributed by atoms with van der Waals surface area (Å²) in [5, 5.41) is 3.87. The molecule has 1 atom stereocenters. The molecule has 21 heavy (non-hydrogen) atoms. The van der Waals surface area contributed by atoms with Gasteiger partial charge in [-0.2, -0.15) is 0 Å². The summed E-state index contributed by atoms with van der Waals surface area (Å²) in [4.78, 5) is 4.43. The third-order valence-corrected chi connectivity index (χ3v) is 3.30. The number of methoxy groups -OCH3 is 1. The Morgan fingerprint density at radius 3 is 2.81 bits per heavy atom. The highest BCUT2D eigenvalue weighted by Gasteiger charge is 2.18. The summed E-state index contributed by atoms with van der Waals surface area (Å²) >= 11 is 6.02. The van der Waals surface area contributed by atoms with E-state index in [1.807, 2.05) is 25.1 Å². The first kappa shape index (κ1) is 17.8. The molecule has 1 unspecified atom stereocenters. The fourth-order valence-corrected chi connectivity index (χ4v) is 2.36. The number of nitrogens with two attached hydrogens (primary N) is 1. The average molecular weight is 312 g/mol. The number of benzene rings is 1. The second kappa shape index (κ2) is 8.25. The second-order valence-corrected chi connectivity index (χ2v) is 6.61. The Morgan fingerprint density at radius 2 is 2.19 bits per heavy atom. The molecule has 1 aromatic carbocycles. The standard InChI is InChI=1S/C16H26ClN3O/c1-12(10-21-4)20-15(18)19-11-16(2,3)9-13-6-5-7-14(17)8-13/h5-8,12H,9-11H2,1-4H3,(H3,18,19,20). The Hall–Kier alpha value is -1.26. The SMILES string of the molecule is COCC(C)NC(N)=NCC(C)(C)Cc1cccc(Cl)c1. The van der Waals surface area contributed by atoms with Crippen molar-refractivity contribution < 1.29 is 4.74 Å². The number of halogens is 1. The predicted molar refractivity (Wildman–Crippen MR) is 89.9 cm³/mol. The molecule has 0 fully saturated rings. The van der Waals surface area contributed by atoms with Crippen LogP contribution >= 0.6 is 11.6 Å². The lowest BCUT2D eigenvalue weighted by atomic mass is 9.86. The molecular formula is C16H26ClN3O. The van der Waals surface area contributed by atoms with E-state index in [1.165, 1.54) is 5.56 Å². The van der Waals surface area contributed by atoms with Crippen LogP contribution in [0.25, 0.3) is 0 Å². The first-order valence-corrected chi connectivity index (χ1v) is 7.50. The topological polar surface area (TPSA) is 59.6 Å². The molecule has 3 N–H and O–H groups in total. The summed E-state index contributed by atoms with van der Waals surface area (Å²) in [7, 11) is 1.67. The number of nitrogens with one attached hydrogen (secondary N) is 1. The maximum Gasteiger partial charge on any atom is 0.188 e. The van der Waals surface area contributed by atoms with Crippen LogP contribution in [-0.4, -0.2) is 32.3 Å². The number of hydrogen-bond acceptors (Lipinski definition) is 2. The Kier molecular flexibility index (Phi) is 6.99. The number of hydrogen-bond donors (Lipinski definition) is 2. The first-order chi connectivity index (χ1) is 9.82. The summed E-state index contributed by atoms with van der Waals surface area (Å²) in [6.07, 6.45) is 0.901. The highest BCUT2D eigenvalue weighted by molar-refractivity contribution is 6.30. The molecule has 118 valence electrons. The number of ether oxygens (including phenoxy) is 1. The van der Waals surface area contributed by atoms with Gasteiger partial charge in [-0.1, -0.05) is 37.6 Å². The van der Waals surface area contributed by atoms with Gasteiger partial charge in [0.2, 0.25) is 0 Å². The van der Waals surface area contributed by atoms with E-state index in [4.69, 9.17) is 22.1 Å². The lowest BCUT2D eigenvalue weighted by Crippen LogP contribution is -2.41. The van der Waals surface area contributed by atoms with Gasteiger partial charge >= 0.3 is 0 Å². The van der Waals surface area contributed by atoms with Gasteiger partial charge in [0.25, 0.3) is 0 Å². The molecule has 0 aliphatic heterocycles. The molecule has 0 saturated heterocycles. The first-order valence-electron chi connectivity index (χ1n) is 7.12. The third-order valence-electron chi connectivity index (χ3n) is 3.06. The minimum atomic E-state index is 0.0154. The molecule has 5 heteroatoms. The molecule has 1 aromatic rings. The predicted octanol–water partition coefficient (Wildman–Crippen LogP) is 2.85. The van der Waals surface area contributed by atoms with Crippen molar-refractivity contribution in [2.24, 2.45) is 16.1 Å². The molecule has 0 aliphatic carbocycles. The largest absolute Gasteiger partial charge is 0.383 e. The highest BCUT2D eigenvalue weighted by Crippen LogP contribution is 2.23. The van der Waals surface area contributed by atoms with Gasteiger partial charge in [-0.3, -0.25) is 4.99 Å². The summed E-state index contributed by atoms with van der Waals surface area (Å²) < 4.78 is 5.05. The van der Waals surface area contributed by atoms with E-state index in [0.717, 1.165) is 11.4 Å². The van der Waals surface area contributed by atoms with E-state index in [1.54, 1.807) is 7.11 Å². The molecule has 0 saturated carbocycles. The number of guanidine groups is 1. The number of rotatable bonds is 7. The highest BCUT2D eigenvalue weighted by atomic mass is 35.5. The van der Waals surface area contributed by atoms with Gasteiger partial charge in [-0.15, -0.1) is 0 Å². The van der Waals surface area contributed by atoms with Crippen molar-refractivity contribution in [2.45, 2.75) is 33.2 Å². The Labute approximate surface area is 132 Å². The molecule has 0 bridgehead atoms. The Balaban J connectivity index is 2.55. The maximum absolute atomic E-state index is 6.02. The van der Waals surface area contributed by atoms with Crippen molar-refractivity contribution >= 4 is 17.6 Å². The van der Waals surface area contributed by atoms with Gasteiger partial charge in [0.05, 0.1) is 6.61 Å². The molecule has 0 aliphatic rings. The lowest BCUT2D eigenvalue weighted by Gasteiger charge is -2.23. The van der Waals surface area contributed by atoms with E-state index in [9.17, 15) is 0 Å². The second-order valence-electron chi connectivity index (χ2n) is 6.17. The number of nitrogens with zero attached hydrogens (tertiary/aromatic N) is 1. The summed E-state index contributed by atoms with van der Waals surface area (Å²) in [5.74, 6) is 0.457. The average Bonchev–Trinajstić information content (AvgIpc) is 2.36. The minimum Gasteiger partial charge on any atom is -0.383 e. The Morgan fingerprint density at radius 1 is 1.48 bits per heavy atom. The van der Waals surface area contributed by atoms with Crippen molar-refractivity contribution in [3.05, 3.63) is 34.9 Å².